The summed E-state index contributed by atoms with van der Waals surface area (Å²) in [5, 5.41) is 0. The average molecular weight is 280 g/mol. The number of rotatable bonds is 5. The predicted octanol–water partition coefficient (Wildman–Crippen LogP) is 2.51. The van der Waals surface area contributed by atoms with E-state index in [-0.39, 0.29) is 11.9 Å². The fourth-order valence-corrected chi connectivity index (χ4v) is 2.85. The molecular formula is C14H20N2O2S. The third kappa shape index (κ3) is 3.15. The minimum atomic E-state index is -0.00898. The molecule has 1 saturated carbocycles. The Hall–Kier alpha value is -1.36. The number of thiocarbonyl (C=S) groups is 1. The molecule has 1 amide bonds. The van der Waals surface area contributed by atoms with Gasteiger partial charge in [0.2, 0.25) is 0 Å². The smallest absolute Gasteiger partial charge is 0.258 e. The van der Waals surface area contributed by atoms with E-state index in [0.717, 1.165) is 31.4 Å². The maximum Gasteiger partial charge on any atom is 0.258 e. The molecule has 0 spiro atoms. The molecule has 1 aromatic heterocycles. The van der Waals surface area contributed by atoms with Crippen molar-refractivity contribution in [2.24, 2.45) is 5.73 Å². The summed E-state index contributed by atoms with van der Waals surface area (Å²) in [5.41, 5.74) is 6.28. The third-order valence-corrected chi connectivity index (χ3v) is 3.78. The van der Waals surface area contributed by atoms with Crippen molar-refractivity contribution >= 4 is 23.1 Å². The molecule has 19 heavy (non-hydrogen) atoms. The second-order valence-corrected chi connectivity index (χ2v) is 5.47. The normalized spacial score (nSPS) is 15.6. The van der Waals surface area contributed by atoms with E-state index >= 15 is 0 Å². The number of hydrogen-bond acceptors (Lipinski definition) is 3. The number of nitrogens with two attached hydrogens (primary N) is 1. The molecule has 0 atom stereocenters. The van der Waals surface area contributed by atoms with Crippen LogP contribution in [0.3, 0.4) is 0 Å². The van der Waals surface area contributed by atoms with Crippen molar-refractivity contribution in [3.8, 4) is 0 Å². The number of carbonyl (C=O) groups is 1. The fourth-order valence-electron chi connectivity index (χ4n) is 2.71. The molecule has 2 rings (SSSR count). The third-order valence-electron chi connectivity index (χ3n) is 3.65. The van der Waals surface area contributed by atoms with E-state index in [9.17, 15) is 4.79 Å². The maximum absolute atomic E-state index is 12.7. The van der Waals surface area contributed by atoms with Crippen LogP contribution in [0.5, 0.6) is 0 Å². The van der Waals surface area contributed by atoms with E-state index in [1.165, 1.54) is 0 Å². The number of nitrogens with zero attached hydrogens (tertiary/aromatic N) is 1. The van der Waals surface area contributed by atoms with Crippen LogP contribution in [-0.2, 0) is 6.42 Å². The highest BCUT2D eigenvalue weighted by Crippen LogP contribution is 2.26. The van der Waals surface area contributed by atoms with Gasteiger partial charge < -0.3 is 15.1 Å². The van der Waals surface area contributed by atoms with Crippen LogP contribution in [0.15, 0.2) is 16.7 Å². The highest BCUT2D eigenvalue weighted by atomic mass is 32.1. The van der Waals surface area contributed by atoms with Gasteiger partial charge in [-0.2, -0.15) is 0 Å². The number of carbonyl (C=O) groups excluding carboxylic acids is 1. The zero-order valence-corrected chi connectivity index (χ0v) is 12.0. The zero-order valence-electron chi connectivity index (χ0n) is 11.2. The molecule has 5 heteroatoms. The van der Waals surface area contributed by atoms with Crippen molar-refractivity contribution in [2.45, 2.75) is 45.1 Å². The number of amides is 1. The Morgan fingerprint density at radius 2 is 2.21 bits per heavy atom. The summed E-state index contributed by atoms with van der Waals surface area (Å²) in [4.78, 5) is 14.8. The quantitative estimate of drug-likeness (QED) is 0.842. The van der Waals surface area contributed by atoms with Crippen molar-refractivity contribution in [2.75, 3.05) is 6.54 Å². The first kappa shape index (κ1) is 14.1. The highest BCUT2D eigenvalue weighted by Gasteiger charge is 2.29. The highest BCUT2D eigenvalue weighted by molar-refractivity contribution is 7.80. The molecule has 1 fully saturated rings. The Morgan fingerprint density at radius 3 is 2.79 bits per heavy atom. The first-order valence-corrected chi connectivity index (χ1v) is 7.20. The van der Waals surface area contributed by atoms with Gasteiger partial charge in [0.05, 0.1) is 23.4 Å². The Kier molecular flexibility index (Phi) is 4.58. The molecule has 0 saturated heterocycles. The van der Waals surface area contributed by atoms with E-state index in [2.05, 4.69) is 0 Å². The summed E-state index contributed by atoms with van der Waals surface area (Å²) in [6.07, 6.45) is 6.68. The molecule has 104 valence electrons. The second kappa shape index (κ2) is 6.19. The number of furan rings is 1. The zero-order chi connectivity index (χ0) is 13.8. The van der Waals surface area contributed by atoms with Crippen LogP contribution < -0.4 is 5.73 Å². The van der Waals surface area contributed by atoms with Crippen LogP contribution in [0.25, 0.3) is 0 Å². The van der Waals surface area contributed by atoms with Crippen LogP contribution in [0.2, 0.25) is 0 Å². The van der Waals surface area contributed by atoms with E-state index in [1.54, 1.807) is 12.3 Å². The largest absolute Gasteiger partial charge is 0.469 e. The van der Waals surface area contributed by atoms with Gasteiger partial charge >= 0.3 is 0 Å². The standard InChI is InChI=1S/C14H20N2O2S/c1-2-12-11(7-8-18-12)14(17)16(9-13(15)19)10-5-3-4-6-10/h7-8,10H,2-6,9H2,1H3,(H2,15,19). The molecule has 0 radical (unpaired) electrons. The molecule has 4 nitrogen and oxygen atoms in total. The van der Waals surface area contributed by atoms with Crippen LogP contribution in [0.1, 0.15) is 48.7 Å². The van der Waals surface area contributed by atoms with Crippen molar-refractivity contribution in [3.05, 3.63) is 23.7 Å². The molecule has 0 aliphatic heterocycles. The topological polar surface area (TPSA) is 59.5 Å². The molecule has 0 aromatic carbocycles. The van der Waals surface area contributed by atoms with Gasteiger partial charge in [-0.05, 0) is 18.9 Å². The molecule has 2 N–H and O–H groups in total. The summed E-state index contributed by atoms with van der Waals surface area (Å²) in [5.74, 6) is 0.723. The van der Waals surface area contributed by atoms with E-state index in [0.29, 0.717) is 23.5 Å². The van der Waals surface area contributed by atoms with Crippen molar-refractivity contribution in [1.82, 2.24) is 4.90 Å². The summed E-state index contributed by atoms with van der Waals surface area (Å²) >= 11 is 4.98. The average Bonchev–Trinajstić information content (AvgIpc) is 3.05. The van der Waals surface area contributed by atoms with Gasteiger partial charge in [-0.15, -0.1) is 0 Å². The minimum absolute atomic E-state index is 0.00898. The number of hydrogen-bond donors (Lipinski definition) is 1. The Morgan fingerprint density at radius 1 is 1.53 bits per heavy atom. The van der Waals surface area contributed by atoms with Gasteiger partial charge in [-0.3, -0.25) is 4.79 Å². The molecule has 1 aromatic rings. The van der Waals surface area contributed by atoms with Crippen LogP contribution >= 0.6 is 12.2 Å². The SMILES string of the molecule is CCc1occc1C(=O)N(CC(N)=S)C1CCCC1. The number of aryl methyl sites for hydroxylation is 1. The lowest BCUT2D eigenvalue weighted by Gasteiger charge is -2.28. The van der Waals surface area contributed by atoms with Crippen LogP contribution in [-0.4, -0.2) is 28.4 Å². The summed E-state index contributed by atoms with van der Waals surface area (Å²) in [7, 11) is 0. The van der Waals surface area contributed by atoms with Crippen molar-refractivity contribution < 1.29 is 9.21 Å². The Balaban J connectivity index is 2.21. The monoisotopic (exact) mass is 280 g/mol. The molecule has 1 heterocycles. The minimum Gasteiger partial charge on any atom is -0.469 e. The van der Waals surface area contributed by atoms with E-state index in [1.807, 2.05) is 11.8 Å². The van der Waals surface area contributed by atoms with Gasteiger partial charge in [0.25, 0.3) is 5.91 Å². The summed E-state index contributed by atoms with van der Waals surface area (Å²) in [6, 6.07) is 2.00. The summed E-state index contributed by atoms with van der Waals surface area (Å²) in [6.45, 7) is 2.33. The fraction of sp³-hybridized carbons (Fsp3) is 0.571. The van der Waals surface area contributed by atoms with Crippen molar-refractivity contribution in [1.29, 1.82) is 0 Å². The van der Waals surface area contributed by atoms with Crippen LogP contribution in [0.4, 0.5) is 0 Å². The Bertz CT molecular complexity index is 464. The molecule has 0 unspecified atom stereocenters. The second-order valence-electron chi connectivity index (χ2n) is 4.95. The van der Waals surface area contributed by atoms with Gasteiger partial charge in [0.1, 0.15) is 5.76 Å². The van der Waals surface area contributed by atoms with Gasteiger partial charge in [0.15, 0.2) is 0 Å². The van der Waals surface area contributed by atoms with E-state index < -0.39 is 0 Å². The van der Waals surface area contributed by atoms with Gasteiger partial charge in [0, 0.05) is 12.5 Å². The van der Waals surface area contributed by atoms with E-state index in [4.69, 9.17) is 22.4 Å². The molecular weight excluding hydrogens is 260 g/mol. The molecule has 1 aliphatic rings. The summed E-state index contributed by atoms with van der Waals surface area (Å²) < 4.78 is 5.34. The first-order chi connectivity index (χ1) is 9.13. The van der Waals surface area contributed by atoms with Gasteiger partial charge in [-0.25, -0.2) is 0 Å². The lowest BCUT2D eigenvalue weighted by Crippen LogP contribution is -2.43. The lowest BCUT2D eigenvalue weighted by molar-refractivity contribution is 0.0712. The van der Waals surface area contributed by atoms with Crippen LogP contribution in [0, 0.1) is 0 Å². The predicted molar refractivity (Wildman–Crippen MR) is 78.2 cm³/mol. The van der Waals surface area contributed by atoms with Crippen molar-refractivity contribution in [3.63, 3.8) is 0 Å². The Labute approximate surface area is 118 Å². The lowest BCUT2D eigenvalue weighted by atomic mass is 10.1. The molecule has 0 bridgehead atoms. The maximum atomic E-state index is 12.7. The van der Waals surface area contributed by atoms with Gasteiger partial charge in [-0.1, -0.05) is 32.0 Å². The molecule has 1 aliphatic carbocycles. The first-order valence-electron chi connectivity index (χ1n) is 6.79.